The highest BCUT2D eigenvalue weighted by Crippen LogP contribution is 2.36. The van der Waals surface area contributed by atoms with Gasteiger partial charge >= 0.3 is 7.12 Å². The molecule has 126 valence electrons. The number of halogens is 1. The first kappa shape index (κ1) is 17.3. The molecule has 2 aromatic rings. The first-order valence-electron chi connectivity index (χ1n) is 8.10. The summed E-state index contributed by atoms with van der Waals surface area (Å²) in [5.41, 5.74) is 1.20. The van der Waals surface area contributed by atoms with Crippen molar-refractivity contribution < 1.29 is 14.0 Å². The van der Waals surface area contributed by atoms with Crippen LogP contribution in [-0.2, 0) is 15.9 Å². The molecule has 0 aromatic heterocycles. The second-order valence-electron chi connectivity index (χ2n) is 7.04. The molecule has 0 unspecified atom stereocenters. The van der Waals surface area contributed by atoms with E-state index < -0.39 is 0 Å². The molecule has 2 aromatic carbocycles. The topological polar surface area (TPSA) is 27.7 Å². The lowest BCUT2D eigenvalue weighted by molar-refractivity contribution is 0.00578. The molecule has 1 aliphatic heterocycles. The maximum atomic E-state index is 6.17. The molecular weight excluding hydrogens is 322 g/mol. The third kappa shape index (κ3) is 3.46. The van der Waals surface area contributed by atoms with Crippen LogP contribution >= 0.6 is 11.6 Å². The average molecular weight is 345 g/mol. The van der Waals surface area contributed by atoms with E-state index in [4.69, 9.17) is 25.6 Å². The van der Waals surface area contributed by atoms with Gasteiger partial charge in [-0.3, -0.25) is 0 Å². The summed E-state index contributed by atoms with van der Waals surface area (Å²) in [6.07, 6.45) is 0. The van der Waals surface area contributed by atoms with Crippen LogP contribution in [0.5, 0.6) is 5.75 Å². The summed E-state index contributed by atoms with van der Waals surface area (Å²) in [7, 11) is -0.390. The minimum absolute atomic E-state index is 0.355. The molecule has 0 aliphatic carbocycles. The molecule has 5 heteroatoms. The molecule has 0 saturated carbocycles. The standard InChI is InChI=1S/C19H22BClO3/c1-18(2)19(3,4)24-20(23-18)15-9-7-10-16(12-15)22-13-14-8-5-6-11-17(14)21/h5-12H,13H2,1-4H3. The molecular formula is C19H22BClO3. The van der Waals surface area contributed by atoms with Crippen molar-refractivity contribution in [1.29, 1.82) is 0 Å². The molecule has 0 radical (unpaired) electrons. The van der Waals surface area contributed by atoms with Crippen LogP contribution in [0.4, 0.5) is 0 Å². The fourth-order valence-corrected chi connectivity index (χ4v) is 2.70. The van der Waals surface area contributed by atoms with Crippen molar-refractivity contribution >= 4 is 24.2 Å². The van der Waals surface area contributed by atoms with Crippen molar-refractivity contribution in [3.8, 4) is 5.75 Å². The molecule has 0 atom stereocenters. The van der Waals surface area contributed by atoms with Crippen molar-refractivity contribution in [3.63, 3.8) is 0 Å². The van der Waals surface area contributed by atoms with Crippen molar-refractivity contribution in [2.75, 3.05) is 0 Å². The van der Waals surface area contributed by atoms with Gasteiger partial charge in [0.05, 0.1) is 11.2 Å². The van der Waals surface area contributed by atoms with Crippen LogP contribution in [0.2, 0.25) is 5.02 Å². The first-order valence-corrected chi connectivity index (χ1v) is 8.48. The van der Waals surface area contributed by atoms with Crippen molar-refractivity contribution in [3.05, 3.63) is 59.1 Å². The zero-order valence-electron chi connectivity index (χ0n) is 14.5. The van der Waals surface area contributed by atoms with Gasteiger partial charge in [-0.2, -0.15) is 0 Å². The van der Waals surface area contributed by atoms with Crippen LogP contribution in [0.3, 0.4) is 0 Å². The lowest BCUT2D eigenvalue weighted by Gasteiger charge is -2.32. The van der Waals surface area contributed by atoms with Crippen LogP contribution in [0.25, 0.3) is 0 Å². The predicted molar refractivity (Wildman–Crippen MR) is 97.9 cm³/mol. The van der Waals surface area contributed by atoms with Crippen LogP contribution in [-0.4, -0.2) is 18.3 Å². The van der Waals surface area contributed by atoms with E-state index >= 15 is 0 Å². The summed E-state index contributed by atoms with van der Waals surface area (Å²) in [4.78, 5) is 0. The van der Waals surface area contributed by atoms with Crippen LogP contribution in [0, 0.1) is 0 Å². The Bertz CT molecular complexity index is 714. The second kappa shape index (κ2) is 6.43. The van der Waals surface area contributed by atoms with Crippen LogP contribution in [0.15, 0.2) is 48.5 Å². The highest BCUT2D eigenvalue weighted by atomic mass is 35.5. The van der Waals surface area contributed by atoms with E-state index in [2.05, 4.69) is 0 Å². The fraction of sp³-hybridized carbons (Fsp3) is 0.368. The van der Waals surface area contributed by atoms with E-state index in [1.807, 2.05) is 76.2 Å². The first-order chi connectivity index (χ1) is 11.3. The summed E-state index contributed by atoms with van der Waals surface area (Å²) in [5.74, 6) is 0.766. The zero-order valence-corrected chi connectivity index (χ0v) is 15.3. The summed E-state index contributed by atoms with van der Waals surface area (Å²) in [5, 5.41) is 0.708. The van der Waals surface area contributed by atoms with E-state index in [-0.39, 0.29) is 18.3 Å². The number of hydrogen-bond donors (Lipinski definition) is 0. The van der Waals surface area contributed by atoms with Crippen LogP contribution in [0.1, 0.15) is 33.3 Å². The van der Waals surface area contributed by atoms with E-state index in [0.717, 1.165) is 16.8 Å². The number of hydrogen-bond acceptors (Lipinski definition) is 3. The molecule has 3 nitrogen and oxygen atoms in total. The summed E-state index contributed by atoms with van der Waals surface area (Å²) in [6.45, 7) is 8.61. The van der Waals surface area contributed by atoms with Gasteiger partial charge in [0.2, 0.25) is 0 Å². The normalized spacial score (nSPS) is 18.6. The van der Waals surface area contributed by atoms with Crippen molar-refractivity contribution in [1.82, 2.24) is 0 Å². The molecule has 24 heavy (non-hydrogen) atoms. The Labute approximate surface area is 149 Å². The minimum atomic E-state index is -0.390. The van der Waals surface area contributed by atoms with Gasteiger partial charge in [-0.05, 0) is 51.4 Å². The van der Waals surface area contributed by atoms with Gasteiger partial charge in [0, 0.05) is 10.6 Å². The Kier molecular flexibility index (Phi) is 4.65. The smallest absolute Gasteiger partial charge is 0.489 e. The van der Waals surface area contributed by atoms with Gasteiger partial charge in [-0.15, -0.1) is 0 Å². The molecule has 3 rings (SSSR count). The van der Waals surface area contributed by atoms with Gasteiger partial charge in [-0.1, -0.05) is 41.9 Å². The Morgan fingerprint density at radius 1 is 0.958 bits per heavy atom. The van der Waals surface area contributed by atoms with Crippen LogP contribution < -0.4 is 10.2 Å². The van der Waals surface area contributed by atoms with Crippen molar-refractivity contribution in [2.45, 2.75) is 45.5 Å². The van der Waals surface area contributed by atoms with Gasteiger partial charge < -0.3 is 14.0 Å². The molecule has 0 amide bonds. The molecule has 1 fully saturated rings. The Balaban J connectivity index is 1.72. The molecule has 0 N–H and O–H groups in total. The third-order valence-electron chi connectivity index (χ3n) is 4.74. The van der Waals surface area contributed by atoms with Crippen molar-refractivity contribution in [2.24, 2.45) is 0 Å². The second-order valence-corrected chi connectivity index (χ2v) is 7.45. The fourth-order valence-electron chi connectivity index (χ4n) is 2.51. The Morgan fingerprint density at radius 2 is 1.62 bits per heavy atom. The Morgan fingerprint density at radius 3 is 2.29 bits per heavy atom. The van der Waals surface area contributed by atoms with E-state index in [0.29, 0.717) is 11.6 Å². The maximum absolute atomic E-state index is 6.17. The molecule has 1 aliphatic rings. The molecule has 0 spiro atoms. The number of ether oxygens (including phenoxy) is 1. The predicted octanol–water partition coefficient (Wildman–Crippen LogP) is 4.22. The highest BCUT2D eigenvalue weighted by molar-refractivity contribution is 6.62. The summed E-state index contributed by atoms with van der Waals surface area (Å²) in [6, 6.07) is 15.5. The van der Waals surface area contributed by atoms with E-state index in [1.165, 1.54) is 0 Å². The molecule has 1 saturated heterocycles. The van der Waals surface area contributed by atoms with Gasteiger partial charge in [0.1, 0.15) is 12.4 Å². The molecule has 0 bridgehead atoms. The molecule has 1 heterocycles. The minimum Gasteiger partial charge on any atom is -0.489 e. The quantitative estimate of drug-likeness (QED) is 0.777. The number of rotatable bonds is 4. The maximum Gasteiger partial charge on any atom is 0.494 e. The summed E-state index contributed by atoms with van der Waals surface area (Å²) < 4.78 is 18.1. The monoisotopic (exact) mass is 344 g/mol. The largest absolute Gasteiger partial charge is 0.494 e. The zero-order chi connectivity index (χ0) is 17.4. The third-order valence-corrected chi connectivity index (χ3v) is 5.10. The van der Waals surface area contributed by atoms with E-state index in [1.54, 1.807) is 0 Å². The average Bonchev–Trinajstić information content (AvgIpc) is 2.75. The lowest BCUT2D eigenvalue weighted by Crippen LogP contribution is -2.41. The Hall–Kier alpha value is -1.49. The SMILES string of the molecule is CC1(C)OB(c2cccc(OCc3ccccc3Cl)c2)OC1(C)C. The van der Waals surface area contributed by atoms with E-state index in [9.17, 15) is 0 Å². The van der Waals surface area contributed by atoms with Gasteiger partial charge in [0.25, 0.3) is 0 Å². The number of benzene rings is 2. The van der Waals surface area contributed by atoms with Gasteiger partial charge in [-0.25, -0.2) is 0 Å². The van der Waals surface area contributed by atoms with Gasteiger partial charge in [0.15, 0.2) is 0 Å². The lowest BCUT2D eigenvalue weighted by atomic mass is 9.79. The summed E-state index contributed by atoms with van der Waals surface area (Å²) >= 11 is 6.17. The highest BCUT2D eigenvalue weighted by Gasteiger charge is 2.51.